The summed E-state index contributed by atoms with van der Waals surface area (Å²) in [7, 11) is -3.91. The fourth-order valence-corrected chi connectivity index (χ4v) is 1.89. The number of nitrogens with two attached hydrogens (primary N) is 1. The van der Waals surface area contributed by atoms with Gasteiger partial charge in [-0.25, -0.2) is 0 Å². The molecule has 0 amide bonds. The van der Waals surface area contributed by atoms with Gasteiger partial charge in [0.1, 0.15) is 0 Å². The second kappa shape index (κ2) is 5.88. The molecule has 5 nitrogen and oxygen atoms in total. The van der Waals surface area contributed by atoms with E-state index in [-0.39, 0.29) is 12.3 Å². The van der Waals surface area contributed by atoms with E-state index in [9.17, 15) is 8.42 Å². The van der Waals surface area contributed by atoms with Gasteiger partial charge in [-0.3, -0.25) is 4.55 Å². The SMILES string of the molecule is CCCc1cc(NCCS(=O)(=O)O)ccc1N. The van der Waals surface area contributed by atoms with Gasteiger partial charge in [0, 0.05) is 17.9 Å². The lowest BCUT2D eigenvalue weighted by Crippen LogP contribution is -2.14. The Morgan fingerprint density at radius 1 is 1.41 bits per heavy atom. The lowest BCUT2D eigenvalue weighted by atomic mass is 10.1. The Morgan fingerprint density at radius 3 is 2.71 bits per heavy atom. The van der Waals surface area contributed by atoms with Gasteiger partial charge in [0.05, 0.1) is 5.75 Å². The molecule has 6 heteroatoms. The fraction of sp³-hybridized carbons (Fsp3) is 0.455. The molecule has 0 aliphatic heterocycles. The highest BCUT2D eigenvalue weighted by atomic mass is 32.2. The molecule has 4 N–H and O–H groups in total. The zero-order valence-electron chi connectivity index (χ0n) is 9.81. The average molecular weight is 258 g/mol. The summed E-state index contributed by atoms with van der Waals surface area (Å²) in [5.41, 5.74) is 8.41. The van der Waals surface area contributed by atoms with Gasteiger partial charge in [0.15, 0.2) is 0 Å². The molecule has 0 spiro atoms. The number of nitrogen functional groups attached to an aromatic ring is 1. The van der Waals surface area contributed by atoms with E-state index in [1.54, 1.807) is 12.1 Å². The molecule has 1 aromatic carbocycles. The minimum absolute atomic E-state index is 0.175. The van der Waals surface area contributed by atoms with Crippen molar-refractivity contribution in [3.05, 3.63) is 23.8 Å². The molecule has 0 bridgehead atoms. The largest absolute Gasteiger partial charge is 0.399 e. The van der Waals surface area contributed by atoms with Crippen molar-refractivity contribution in [1.82, 2.24) is 0 Å². The molecule has 0 aromatic heterocycles. The van der Waals surface area contributed by atoms with Crippen molar-refractivity contribution in [3.63, 3.8) is 0 Å². The first-order valence-electron chi connectivity index (χ1n) is 5.50. The van der Waals surface area contributed by atoms with Gasteiger partial charge in [0.2, 0.25) is 0 Å². The van der Waals surface area contributed by atoms with Crippen molar-refractivity contribution in [3.8, 4) is 0 Å². The Labute approximate surface area is 102 Å². The Bertz CT molecular complexity index is 472. The van der Waals surface area contributed by atoms with Crippen LogP contribution in [0.1, 0.15) is 18.9 Å². The smallest absolute Gasteiger partial charge is 0.266 e. The minimum atomic E-state index is -3.91. The molecule has 0 saturated heterocycles. The maximum Gasteiger partial charge on any atom is 0.266 e. The summed E-state index contributed by atoms with van der Waals surface area (Å²) in [6.45, 7) is 2.24. The summed E-state index contributed by atoms with van der Waals surface area (Å²) >= 11 is 0. The summed E-state index contributed by atoms with van der Waals surface area (Å²) in [4.78, 5) is 0. The molecule has 0 atom stereocenters. The quantitative estimate of drug-likeness (QED) is 0.531. The summed E-state index contributed by atoms with van der Waals surface area (Å²) < 4.78 is 29.7. The highest BCUT2D eigenvalue weighted by Crippen LogP contribution is 2.19. The Morgan fingerprint density at radius 2 is 2.12 bits per heavy atom. The molecule has 17 heavy (non-hydrogen) atoms. The second-order valence-electron chi connectivity index (χ2n) is 3.88. The number of nitrogens with one attached hydrogen (secondary N) is 1. The third-order valence-electron chi connectivity index (χ3n) is 2.35. The molecule has 1 rings (SSSR count). The number of anilines is 2. The molecule has 0 unspecified atom stereocenters. The van der Waals surface area contributed by atoms with Crippen molar-refractivity contribution < 1.29 is 13.0 Å². The van der Waals surface area contributed by atoms with E-state index < -0.39 is 10.1 Å². The van der Waals surface area contributed by atoms with Crippen LogP contribution in [0, 0.1) is 0 Å². The van der Waals surface area contributed by atoms with Crippen LogP contribution in [-0.4, -0.2) is 25.3 Å². The number of hydrogen-bond acceptors (Lipinski definition) is 4. The van der Waals surface area contributed by atoms with Gasteiger partial charge < -0.3 is 11.1 Å². The van der Waals surface area contributed by atoms with Crippen LogP contribution in [0.3, 0.4) is 0 Å². The summed E-state index contributed by atoms with van der Waals surface area (Å²) in [5, 5.41) is 2.93. The van der Waals surface area contributed by atoms with Crippen LogP contribution in [0.25, 0.3) is 0 Å². The van der Waals surface area contributed by atoms with Crippen molar-refractivity contribution in [2.75, 3.05) is 23.3 Å². The standard InChI is InChI=1S/C11H18N2O3S/c1-2-3-9-8-10(4-5-11(9)12)13-6-7-17(14,15)16/h4-5,8,13H,2-3,6-7,12H2,1H3,(H,14,15,16). The third-order valence-corrected chi connectivity index (χ3v) is 3.07. The Hall–Kier alpha value is -1.27. The number of benzene rings is 1. The molecule has 0 heterocycles. The van der Waals surface area contributed by atoms with Crippen LogP contribution >= 0.6 is 0 Å². The molecule has 96 valence electrons. The maximum atomic E-state index is 10.5. The summed E-state index contributed by atoms with van der Waals surface area (Å²) in [6, 6.07) is 5.49. The first-order chi connectivity index (χ1) is 7.92. The summed E-state index contributed by atoms with van der Waals surface area (Å²) in [6.07, 6.45) is 1.89. The van der Waals surface area contributed by atoms with E-state index in [1.807, 2.05) is 6.07 Å². The van der Waals surface area contributed by atoms with E-state index in [1.165, 1.54) is 0 Å². The van der Waals surface area contributed by atoms with Crippen LogP contribution in [0.15, 0.2) is 18.2 Å². The van der Waals surface area contributed by atoms with Gasteiger partial charge in [-0.1, -0.05) is 13.3 Å². The molecule has 0 radical (unpaired) electrons. The summed E-state index contributed by atoms with van der Waals surface area (Å²) in [5.74, 6) is -0.305. The van der Waals surface area contributed by atoms with Crippen molar-refractivity contribution in [2.45, 2.75) is 19.8 Å². The van der Waals surface area contributed by atoms with E-state index >= 15 is 0 Å². The predicted molar refractivity (Wildman–Crippen MR) is 69.8 cm³/mol. The molecule has 0 aliphatic carbocycles. The van der Waals surface area contributed by atoms with Gasteiger partial charge >= 0.3 is 0 Å². The predicted octanol–water partition coefficient (Wildman–Crippen LogP) is 1.52. The first-order valence-corrected chi connectivity index (χ1v) is 7.10. The normalized spacial score (nSPS) is 11.4. The van der Waals surface area contributed by atoms with Gasteiger partial charge in [-0.05, 0) is 30.2 Å². The van der Waals surface area contributed by atoms with E-state index in [2.05, 4.69) is 12.2 Å². The van der Waals surface area contributed by atoms with E-state index in [0.717, 1.165) is 29.8 Å². The molecular weight excluding hydrogens is 240 g/mol. The first kappa shape index (κ1) is 13.8. The Balaban J connectivity index is 2.63. The van der Waals surface area contributed by atoms with E-state index in [0.29, 0.717) is 0 Å². The Kier molecular flexibility index (Phi) is 4.77. The average Bonchev–Trinajstić information content (AvgIpc) is 2.21. The van der Waals surface area contributed by atoms with Crippen LogP contribution in [-0.2, 0) is 16.5 Å². The van der Waals surface area contributed by atoms with Crippen LogP contribution in [0.5, 0.6) is 0 Å². The van der Waals surface area contributed by atoms with Crippen molar-refractivity contribution in [2.24, 2.45) is 0 Å². The zero-order valence-corrected chi connectivity index (χ0v) is 10.6. The molecular formula is C11H18N2O3S. The molecule has 0 saturated carbocycles. The maximum absolute atomic E-state index is 10.5. The van der Waals surface area contributed by atoms with Crippen LogP contribution in [0.2, 0.25) is 0 Å². The lowest BCUT2D eigenvalue weighted by molar-refractivity contribution is 0.484. The number of rotatable bonds is 6. The van der Waals surface area contributed by atoms with Crippen LogP contribution in [0.4, 0.5) is 11.4 Å². The topological polar surface area (TPSA) is 92.4 Å². The molecule has 0 fully saturated rings. The third kappa shape index (κ3) is 5.06. The van der Waals surface area contributed by atoms with Gasteiger partial charge in [0.25, 0.3) is 10.1 Å². The van der Waals surface area contributed by atoms with Crippen LogP contribution < -0.4 is 11.1 Å². The minimum Gasteiger partial charge on any atom is -0.399 e. The zero-order chi connectivity index (χ0) is 12.9. The van der Waals surface area contributed by atoms with Crippen molar-refractivity contribution >= 4 is 21.5 Å². The van der Waals surface area contributed by atoms with Crippen molar-refractivity contribution in [1.29, 1.82) is 0 Å². The highest BCUT2D eigenvalue weighted by Gasteiger charge is 2.04. The molecule has 0 aliphatic rings. The van der Waals surface area contributed by atoms with E-state index in [4.69, 9.17) is 10.3 Å². The number of hydrogen-bond donors (Lipinski definition) is 3. The fourth-order valence-electron chi connectivity index (χ4n) is 1.53. The second-order valence-corrected chi connectivity index (χ2v) is 5.45. The molecule has 1 aromatic rings. The lowest BCUT2D eigenvalue weighted by Gasteiger charge is -2.09. The van der Waals surface area contributed by atoms with Gasteiger partial charge in [-0.15, -0.1) is 0 Å². The highest BCUT2D eigenvalue weighted by molar-refractivity contribution is 7.85. The monoisotopic (exact) mass is 258 g/mol. The number of aryl methyl sites for hydroxylation is 1. The van der Waals surface area contributed by atoms with Gasteiger partial charge in [-0.2, -0.15) is 8.42 Å².